The molecule has 146 valence electrons. The highest BCUT2D eigenvalue weighted by Gasteiger charge is 2.11. The summed E-state index contributed by atoms with van der Waals surface area (Å²) < 4.78 is 7.20. The van der Waals surface area contributed by atoms with Crippen LogP contribution in [0, 0.1) is 0 Å². The van der Waals surface area contributed by atoms with Crippen LogP contribution in [0.3, 0.4) is 0 Å². The minimum Gasteiger partial charge on any atom is -0.489 e. The fourth-order valence-corrected chi connectivity index (χ4v) is 4.23. The van der Waals surface area contributed by atoms with Gasteiger partial charge < -0.3 is 15.6 Å². The summed E-state index contributed by atoms with van der Waals surface area (Å²) >= 11 is 1.70. The molecule has 0 atom stereocenters. The van der Waals surface area contributed by atoms with Gasteiger partial charge in [0.15, 0.2) is 0 Å². The number of pyridine rings is 1. The number of carboxylic acids is 1. The number of para-hydroxylation sites is 1. The van der Waals surface area contributed by atoms with E-state index in [-0.39, 0.29) is 6.42 Å². The molecule has 0 saturated heterocycles. The second-order valence-corrected chi connectivity index (χ2v) is 7.61. The zero-order chi connectivity index (χ0) is 20.2. The van der Waals surface area contributed by atoms with Gasteiger partial charge in [-0.2, -0.15) is 0 Å². The number of carbonyl (C=O) groups is 1. The van der Waals surface area contributed by atoms with Gasteiger partial charge >= 0.3 is 5.97 Å². The Kier molecular flexibility index (Phi) is 5.55. The molecule has 0 aliphatic rings. The van der Waals surface area contributed by atoms with Crippen molar-refractivity contribution in [1.29, 1.82) is 0 Å². The lowest BCUT2D eigenvalue weighted by molar-refractivity contribution is -0.136. The summed E-state index contributed by atoms with van der Waals surface area (Å²) in [6.45, 7) is 0.745. The van der Waals surface area contributed by atoms with Crippen LogP contribution < -0.4 is 10.5 Å². The van der Waals surface area contributed by atoms with Gasteiger partial charge in [-0.15, -0.1) is 11.3 Å². The van der Waals surface area contributed by atoms with Crippen LogP contribution in [0.15, 0.2) is 66.2 Å². The smallest absolute Gasteiger partial charge is 0.307 e. The number of nitrogens with zero attached hydrogens (tertiary/aromatic N) is 1. The largest absolute Gasteiger partial charge is 0.489 e. The number of carboxylic acid groups (broad SMARTS) is 1. The van der Waals surface area contributed by atoms with Gasteiger partial charge in [-0.1, -0.05) is 18.2 Å². The summed E-state index contributed by atoms with van der Waals surface area (Å²) in [6.07, 6.45) is 1.71. The fourth-order valence-electron chi connectivity index (χ4n) is 3.31. The second-order valence-electron chi connectivity index (χ2n) is 6.69. The molecular weight excluding hydrogens is 384 g/mol. The molecule has 0 radical (unpaired) electrons. The van der Waals surface area contributed by atoms with Crippen molar-refractivity contribution in [3.8, 4) is 16.9 Å². The molecule has 0 aliphatic carbocycles. The van der Waals surface area contributed by atoms with E-state index in [1.807, 2.05) is 24.3 Å². The fraction of sp³-hybridized carbons (Fsp3) is 0.130. The molecule has 2 aromatic carbocycles. The van der Waals surface area contributed by atoms with Crippen molar-refractivity contribution in [2.75, 3.05) is 0 Å². The predicted molar refractivity (Wildman–Crippen MR) is 115 cm³/mol. The van der Waals surface area contributed by atoms with Gasteiger partial charge in [0, 0.05) is 23.0 Å². The molecule has 2 aromatic heterocycles. The maximum absolute atomic E-state index is 11.1. The molecular formula is C23H20N2O3S. The van der Waals surface area contributed by atoms with E-state index in [9.17, 15) is 4.79 Å². The lowest BCUT2D eigenvalue weighted by Crippen LogP contribution is -2.04. The minimum atomic E-state index is -0.878. The van der Waals surface area contributed by atoms with Crippen LogP contribution in [0.2, 0.25) is 0 Å². The highest BCUT2D eigenvalue weighted by Crippen LogP contribution is 2.34. The van der Waals surface area contributed by atoms with Crippen molar-refractivity contribution < 1.29 is 14.6 Å². The molecule has 0 saturated carbocycles. The summed E-state index contributed by atoms with van der Waals surface area (Å²) in [6, 6.07) is 17.6. The van der Waals surface area contributed by atoms with E-state index in [1.54, 1.807) is 29.7 Å². The number of benzene rings is 2. The maximum atomic E-state index is 11.1. The number of thiophene rings is 1. The number of ether oxygens (including phenoxy) is 1. The summed E-state index contributed by atoms with van der Waals surface area (Å²) in [5.41, 5.74) is 10.5. The zero-order valence-corrected chi connectivity index (χ0v) is 16.5. The number of nitrogens with two attached hydrogens (primary N) is 1. The molecule has 6 heteroatoms. The summed E-state index contributed by atoms with van der Waals surface area (Å²) in [4.78, 5) is 15.4. The molecule has 0 aliphatic heterocycles. The van der Waals surface area contributed by atoms with Crippen LogP contribution in [-0.4, -0.2) is 16.1 Å². The van der Waals surface area contributed by atoms with E-state index < -0.39 is 5.97 Å². The van der Waals surface area contributed by atoms with E-state index in [0.29, 0.717) is 24.5 Å². The highest BCUT2D eigenvalue weighted by molar-refractivity contribution is 7.17. The van der Waals surface area contributed by atoms with Crippen molar-refractivity contribution in [2.24, 2.45) is 5.73 Å². The first kappa shape index (κ1) is 19.1. The quantitative estimate of drug-likeness (QED) is 0.469. The third kappa shape index (κ3) is 4.29. The van der Waals surface area contributed by atoms with E-state index in [2.05, 4.69) is 28.6 Å². The summed E-state index contributed by atoms with van der Waals surface area (Å²) in [5, 5.41) is 12.3. The summed E-state index contributed by atoms with van der Waals surface area (Å²) in [5.74, 6) is -0.285. The third-order valence-electron chi connectivity index (χ3n) is 4.66. The molecule has 2 heterocycles. The average molecular weight is 404 g/mol. The first-order chi connectivity index (χ1) is 14.1. The Hall–Kier alpha value is -3.22. The molecule has 0 fully saturated rings. The van der Waals surface area contributed by atoms with Gasteiger partial charge in [0.25, 0.3) is 0 Å². The number of hydrogen-bond donors (Lipinski definition) is 2. The van der Waals surface area contributed by atoms with E-state index in [0.717, 1.165) is 27.8 Å². The molecule has 0 unspecified atom stereocenters. The monoisotopic (exact) mass is 404 g/mol. The van der Waals surface area contributed by atoms with Crippen LogP contribution in [0.25, 0.3) is 21.2 Å². The van der Waals surface area contributed by atoms with Crippen LogP contribution >= 0.6 is 11.3 Å². The number of fused-ring (bicyclic) bond motifs is 1. The van der Waals surface area contributed by atoms with Gasteiger partial charge in [-0.05, 0) is 63.9 Å². The number of hydrogen-bond acceptors (Lipinski definition) is 5. The third-order valence-corrected chi connectivity index (χ3v) is 5.62. The Bertz CT molecular complexity index is 1170. The van der Waals surface area contributed by atoms with Crippen molar-refractivity contribution in [3.63, 3.8) is 0 Å². The lowest BCUT2D eigenvalue weighted by Gasteiger charge is -2.12. The lowest BCUT2D eigenvalue weighted by atomic mass is 10.0. The van der Waals surface area contributed by atoms with E-state index >= 15 is 0 Å². The molecule has 29 heavy (non-hydrogen) atoms. The van der Waals surface area contributed by atoms with E-state index in [4.69, 9.17) is 15.6 Å². The highest BCUT2D eigenvalue weighted by atomic mass is 32.1. The molecule has 0 spiro atoms. The van der Waals surface area contributed by atoms with Crippen molar-refractivity contribution in [2.45, 2.75) is 19.6 Å². The van der Waals surface area contributed by atoms with Crippen molar-refractivity contribution in [3.05, 3.63) is 83.0 Å². The Morgan fingerprint density at radius 3 is 2.83 bits per heavy atom. The van der Waals surface area contributed by atoms with Gasteiger partial charge in [0.1, 0.15) is 12.4 Å². The van der Waals surface area contributed by atoms with Crippen LogP contribution in [-0.2, 0) is 24.4 Å². The Morgan fingerprint density at radius 2 is 2.00 bits per heavy atom. The van der Waals surface area contributed by atoms with Gasteiger partial charge in [-0.3, -0.25) is 9.78 Å². The molecule has 4 rings (SSSR count). The zero-order valence-electron chi connectivity index (χ0n) is 15.7. The first-order valence-corrected chi connectivity index (χ1v) is 10.1. The Labute approximate surface area is 172 Å². The van der Waals surface area contributed by atoms with Crippen LogP contribution in [0.4, 0.5) is 0 Å². The minimum absolute atomic E-state index is 0.0656. The number of aromatic nitrogens is 1. The average Bonchev–Trinajstić information content (AvgIpc) is 3.21. The Morgan fingerprint density at radius 1 is 1.14 bits per heavy atom. The molecule has 3 N–H and O–H groups in total. The normalized spacial score (nSPS) is 10.9. The van der Waals surface area contributed by atoms with Gasteiger partial charge in [0.2, 0.25) is 0 Å². The topological polar surface area (TPSA) is 85.4 Å². The van der Waals surface area contributed by atoms with Crippen molar-refractivity contribution in [1.82, 2.24) is 4.98 Å². The second kappa shape index (κ2) is 8.43. The van der Waals surface area contributed by atoms with Crippen LogP contribution in [0.1, 0.15) is 16.8 Å². The van der Waals surface area contributed by atoms with Crippen molar-refractivity contribution >= 4 is 27.4 Å². The predicted octanol–water partition coefficient (Wildman–Crippen LogP) is 4.63. The molecule has 0 amide bonds. The maximum Gasteiger partial charge on any atom is 0.307 e. The Balaban J connectivity index is 1.67. The SMILES string of the molecule is NCc1cc(-c2cc(COc3ccccc3CC(=O)O)cc3ccsc23)ccn1. The molecule has 0 bridgehead atoms. The standard InChI is InChI=1S/C23H20N2O3S/c24-13-19-11-16(5-7-25-19)20-10-15(9-18-6-8-29-23(18)20)14-28-21-4-2-1-3-17(21)12-22(26)27/h1-11H,12-14,24H2,(H,26,27). The summed E-state index contributed by atoms with van der Waals surface area (Å²) in [7, 11) is 0. The molecule has 4 aromatic rings. The first-order valence-electron chi connectivity index (χ1n) is 9.22. The molecule has 5 nitrogen and oxygen atoms in total. The number of rotatable bonds is 7. The van der Waals surface area contributed by atoms with Gasteiger partial charge in [0.05, 0.1) is 12.1 Å². The van der Waals surface area contributed by atoms with Gasteiger partial charge in [-0.25, -0.2) is 0 Å². The van der Waals surface area contributed by atoms with Crippen LogP contribution in [0.5, 0.6) is 5.75 Å². The van der Waals surface area contributed by atoms with E-state index in [1.165, 1.54) is 4.70 Å². The number of aliphatic carboxylic acids is 1.